The minimum absolute atomic E-state index is 0.115. The van der Waals surface area contributed by atoms with Crippen molar-refractivity contribution in [1.82, 2.24) is 5.32 Å². The summed E-state index contributed by atoms with van der Waals surface area (Å²) in [6.07, 6.45) is 0. The second-order valence-electron chi connectivity index (χ2n) is 7.12. The molecule has 2 N–H and O–H groups in total. The third kappa shape index (κ3) is 7.19. The van der Waals surface area contributed by atoms with Crippen LogP contribution in [0.15, 0.2) is 77.7 Å². The Bertz CT molecular complexity index is 1030. The van der Waals surface area contributed by atoms with E-state index in [0.717, 1.165) is 27.5 Å². The highest BCUT2D eigenvalue weighted by Crippen LogP contribution is 2.23. The molecule has 0 atom stereocenters. The number of anilines is 1. The smallest absolute Gasteiger partial charge is 0.252 e. The fraction of sp³-hybridized carbons (Fsp3) is 0.200. The molecule has 0 bridgehead atoms. The van der Waals surface area contributed by atoms with Crippen molar-refractivity contribution in [1.29, 1.82) is 0 Å². The van der Waals surface area contributed by atoms with E-state index in [1.807, 2.05) is 80.6 Å². The molecule has 3 aromatic carbocycles. The highest BCUT2D eigenvalue weighted by Gasteiger charge is 2.12. The summed E-state index contributed by atoms with van der Waals surface area (Å²) in [5.74, 6) is 0.699. The Morgan fingerprint density at radius 3 is 2.45 bits per heavy atom. The lowest BCUT2D eigenvalue weighted by Gasteiger charge is -2.11. The van der Waals surface area contributed by atoms with Gasteiger partial charge >= 0.3 is 0 Å². The second kappa shape index (κ2) is 11.2. The first kappa shape index (κ1) is 22.4. The van der Waals surface area contributed by atoms with Crippen molar-refractivity contribution < 1.29 is 14.3 Å². The fourth-order valence-electron chi connectivity index (χ4n) is 2.89. The van der Waals surface area contributed by atoms with E-state index in [2.05, 4.69) is 10.6 Å². The van der Waals surface area contributed by atoms with Crippen LogP contribution in [0.25, 0.3) is 0 Å². The summed E-state index contributed by atoms with van der Waals surface area (Å²) in [4.78, 5) is 25.7. The molecule has 0 unspecified atom stereocenters. The SMILES string of the molecule is Cc1ccc(NC(=O)CSc2ccccc2C(=O)NCCOc2cccc(C)c2)cc1. The lowest BCUT2D eigenvalue weighted by Crippen LogP contribution is -2.28. The van der Waals surface area contributed by atoms with Gasteiger partial charge in [-0.2, -0.15) is 0 Å². The molecular formula is C25H26N2O3S. The number of nitrogens with one attached hydrogen (secondary N) is 2. The fourth-order valence-corrected chi connectivity index (χ4v) is 3.74. The van der Waals surface area contributed by atoms with Crippen LogP contribution in [0.4, 0.5) is 5.69 Å². The predicted molar refractivity (Wildman–Crippen MR) is 126 cm³/mol. The predicted octanol–water partition coefficient (Wildman–Crippen LogP) is 4.84. The van der Waals surface area contributed by atoms with Crippen LogP contribution in [0.1, 0.15) is 21.5 Å². The number of hydrogen-bond acceptors (Lipinski definition) is 4. The molecule has 6 heteroatoms. The average molecular weight is 435 g/mol. The van der Waals surface area contributed by atoms with Crippen LogP contribution < -0.4 is 15.4 Å². The van der Waals surface area contributed by atoms with E-state index in [9.17, 15) is 9.59 Å². The minimum atomic E-state index is -0.185. The summed E-state index contributed by atoms with van der Waals surface area (Å²) >= 11 is 1.34. The van der Waals surface area contributed by atoms with Crippen molar-refractivity contribution in [3.63, 3.8) is 0 Å². The number of aryl methyl sites for hydroxylation is 2. The van der Waals surface area contributed by atoms with Crippen LogP contribution in [0.5, 0.6) is 5.75 Å². The zero-order valence-electron chi connectivity index (χ0n) is 17.7. The molecule has 0 aliphatic rings. The quantitative estimate of drug-likeness (QED) is 0.373. The van der Waals surface area contributed by atoms with Gasteiger partial charge in [-0.1, -0.05) is 42.0 Å². The first-order valence-corrected chi connectivity index (χ1v) is 11.1. The molecule has 2 amide bonds. The Morgan fingerprint density at radius 1 is 0.903 bits per heavy atom. The molecule has 3 aromatic rings. The Labute approximate surface area is 187 Å². The van der Waals surface area contributed by atoms with E-state index in [4.69, 9.17) is 4.74 Å². The van der Waals surface area contributed by atoms with Crippen LogP contribution >= 0.6 is 11.8 Å². The number of ether oxygens (including phenoxy) is 1. The van der Waals surface area contributed by atoms with Crippen LogP contribution in [-0.4, -0.2) is 30.7 Å². The number of benzene rings is 3. The third-order valence-corrected chi connectivity index (χ3v) is 5.55. The van der Waals surface area contributed by atoms with Crippen LogP contribution in [0.2, 0.25) is 0 Å². The summed E-state index contributed by atoms with van der Waals surface area (Å²) in [7, 11) is 0. The Hall–Kier alpha value is -3.25. The number of carbonyl (C=O) groups is 2. The lowest BCUT2D eigenvalue weighted by molar-refractivity contribution is -0.113. The molecule has 0 aromatic heterocycles. The molecule has 31 heavy (non-hydrogen) atoms. The Balaban J connectivity index is 1.48. The van der Waals surface area contributed by atoms with Crippen molar-refractivity contribution in [2.45, 2.75) is 18.7 Å². The molecule has 0 radical (unpaired) electrons. The van der Waals surface area contributed by atoms with E-state index in [1.165, 1.54) is 11.8 Å². The van der Waals surface area contributed by atoms with Gasteiger partial charge in [0.05, 0.1) is 17.9 Å². The van der Waals surface area contributed by atoms with Crippen molar-refractivity contribution in [2.24, 2.45) is 0 Å². The van der Waals surface area contributed by atoms with Gasteiger partial charge in [-0.05, 0) is 55.8 Å². The first-order valence-electron chi connectivity index (χ1n) is 10.1. The molecule has 0 spiro atoms. The number of amides is 2. The van der Waals surface area contributed by atoms with E-state index in [-0.39, 0.29) is 17.6 Å². The van der Waals surface area contributed by atoms with Crippen LogP contribution in [0.3, 0.4) is 0 Å². The Morgan fingerprint density at radius 2 is 1.68 bits per heavy atom. The molecular weight excluding hydrogens is 408 g/mol. The molecule has 3 rings (SSSR count). The highest BCUT2D eigenvalue weighted by atomic mass is 32.2. The normalized spacial score (nSPS) is 10.4. The maximum atomic E-state index is 12.6. The number of rotatable bonds is 9. The van der Waals surface area contributed by atoms with Gasteiger partial charge in [-0.3, -0.25) is 9.59 Å². The average Bonchev–Trinajstić information content (AvgIpc) is 2.77. The summed E-state index contributed by atoms with van der Waals surface area (Å²) in [5, 5.41) is 5.75. The second-order valence-corrected chi connectivity index (χ2v) is 8.14. The molecule has 5 nitrogen and oxygen atoms in total. The molecule has 0 aliphatic carbocycles. The monoisotopic (exact) mass is 434 g/mol. The van der Waals surface area contributed by atoms with Gasteiger partial charge < -0.3 is 15.4 Å². The Kier molecular flexibility index (Phi) is 8.12. The van der Waals surface area contributed by atoms with E-state index in [0.29, 0.717) is 18.7 Å². The third-order valence-electron chi connectivity index (χ3n) is 4.47. The first-order chi connectivity index (χ1) is 15.0. The van der Waals surface area contributed by atoms with Gasteiger partial charge in [-0.25, -0.2) is 0 Å². The summed E-state index contributed by atoms with van der Waals surface area (Å²) in [6, 6.07) is 22.7. The molecule has 0 aliphatic heterocycles. The van der Waals surface area contributed by atoms with Gasteiger partial charge in [0.1, 0.15) is 12.4 Å². The highest BCUT2D eigenvalue weighted by molar-refractivity contribution is 8.00. The van der Waals surface area contributed by atoms with Gasteiger partial charge in [0, 0.05) is 10.6 Å². The molecule has 160 valence electrons. The van der Waals surface area contributed by atoms with Crippen LogP contribution in [0, 0.1) is 13.8 Å². The van der Waals surface area contributed by atoms with Crippen molar-refractivity contribution in [2.75, 3.05) is 24.2 Å². The zero-order chi connectivity index (χ0) is 22.1. The van der Waals surface area contributed by atoms with Gasteiger partial charge in [0.2, 0.25) is 5.91 Å². The lowest BCUT2D eigenvalue weighted by atomic mass is 10.2. The molecule has 0 fully saturated rings. The van der Waals surface area contributed by atoms with Crippen molar-refractivity contribution in [3.05, 3.63) is 89.5 Å². The van der Waals surface area contributed by atoms with E-state index in [1.54, 1.807) is 6.07 Å². The van der Waals surface area contributed by atoms with E-state index < -0.39 is 0 Å². The van der Waals surface area contributed by atoms with Crippen molar-refractivity contribution >= 4 is 29.3 Å². The summed E-state index contributed by atoms with van der Waals surface area (Å²) in [5.41, 5.74) is 3.57. The summed E-state index contributed by atoms with van der Waals surface area (Å²) in [6.45, 7) is 4.77. The summed E-state index contributed by atoms with van der Waals surface area (Å²) < 4.78 is 5.67. The van der Waals surface area contributed by atoms with E-state index >= 15 is 0 Å². The number of thioether (sulfide) groups is 1. The van der Waals surface area contributed by atoms with Crippen molar-refractivity contribution in [3.8, 4) is 5.75 Å². The topological polar surface area (TPSA) is 67.4 Å². The van der Waals surface area contributed by atoms with Gasteiger partial charge in [-0.15, -0.1) is 11.8 Å². The standard InChI is InChI=1S/C25H26N2O3S/c1-18-10-12-20(13-11-18)27-24(28)17-31-23-9-4-3-8-22(23)25(29)26-14-15-30-21-7-5-6-19(2)16-21/h3-13,16H,14-15,17H2,1-2H3,(H,26,29)(H,27,28). The number of carbonyl (C=O) groups excluding carboxylic acids is 2. The zero-order valence-corrected chi connectivity index (χ0v) is 18.5. The molecule has 0 saturated heterocycles. The van der Waals surface area contributed by atoms with Gasteiger partial charge in [0.15, 0.2) is 0 Å². The largest absolute Gasteiger partial charge is 0.492 e. The van der Waals surface area contributed by atoms with Crippen LogP contribution in [-0.2, 0) is 4.79 Å². The number of hydrogen-bond donors (Lipinski definition) is 2. The molecule has 0 saturated carbocycles. The minimum Gasteiger partial charge on any atom is -0.492 e. The van der Waals surface area contributed by atoms with Gasteiger partial charge in [0.25, 0.3) is 5.91 Å². The maximum Gasteiger partial charge on any atom is 0.252 e. The maximum absolute atomic E-state index is 12.6. The molecule has 0 heterocycles.